The molecule has 0 unspecified atom stereocenters. The van der Waals surface area contributed by atoms with Crippen LogP contribution in [0.4, 0.5) is 0 Å². The van der Waals surface area contributed by atoms with E-state index in [1.165, 1.54) is 12.1 Å². The number of hydrogen-bond acceptors (Lipinski definition) is 6. The number of rotatable bonds is 5. The van der Waals surface area contributed by atoms with Gasteiger partial charge in [-0.2, -0.15) is 0 Å². The monoisotopic (exact) mass is 360 g/mol. The third kappa shape index (κ3) is 3.41. The smallest absolute Gasteiger partial charge is 0.347 e. The fraction of sp³-hybridized carbons (Fsp3) is 0. The maximum Gasteiger partial charge on any atom is 0.347 e. The fourth-order valence-electron chi connectivity index (χ4n) is 2.59. The van der Waals surface area contributed by atoms with Gasteiger partial charge < -0.3 is 14.2 Å². The van der Waals surface area contributed by atoms with Crippen molar-refractivity contribution in [3.05, 3.63) is 83.4 Å². The number of benzene rings is 3. The minimum Gasteiger partial charge on any atom is -0.457 e. The van der Waals surface area contributed by atoms with Crippen LogP contribution >= 0.6 is 0 Å². The summed E-state index contributed by atoms with van der Waals surface area (Å²) in [5, 5.41) is 0. The molecule has 1 aliphatic rings. The maximum absolute atomic E-state index is 11.6. The molecule has 0 bridgehead atoms. The Hall–Kier alpha value is -3.93. The van der Waals surface area contributed by atoms with Crippen LogP contribution in [0, 0.1) is 0 Å². The molecule has 0 atom stereocenters. The predicted molar refractivity (Wildman–Crippen MR) is 94.6 cm³/mol. The van der Waals surface area contributed by atoms with Crippen molar-refractivity contribution >= 4 is 18.2 Å². The van der Waals surface area contributed by atoms with Crippen molar-refractivity contribution in [2.45, 2.75) is 0 Å². The molecule has 0 N–H and O–H groups in total. The Morgan fingerprint density at radius 1 is 0.630 bits per heavy atom. The Morgan fingerprint density at radius 2 is 1.11 bits per heavy atom. The molecule has 0 saturated carbocycles. The van der Waals surface area contributed by atoms with Gasteiger partial charge in [-0.25, -0.2) is 9.59 Å². The SMILES string of the molecule is O=Cc1ccc(Oc2ccc(Oc3ccc4c(c3)C(=O)OC4=O)cc2)cc1. The summed E-state index contributed by atoms with van der Waals surface area (Å²) in [5.41, 5.74) is 0.999. The number of carbonyl (C=O) groups excluding carboxylic acids is 3. The molecule has 6 heteroatoms. The lowest BCUT2D eigenvalue weighted by molar-refractivity contribution is 0.0443. The molecule has 0 aromatic heterocycles. The zero-order chi connectivity index (χ0) is 18.8. The van der Waals surface area contributed by atoms with E-state index in [1.807, 2.05) is 0 Å². The molecule has 3 aromatic carbocycles. The van der Waals surface area contributed by atoms with E-state index in [-0.39, 0.29) is 11.1 Å². The standard InChI is InChI=1S/C21H12O6/c22-12-13-1-3-14(4-2-13)25-15-5-7-16(8-6-15)26-17-9-10-18-19(11-17)21(24)27-20(18)23/h1-12H. The molecule has 0 aliphatic carbocycles. The van der Waals surface area contributed by atoms with E-state index in [4.69, 9.17) is 9.47 Å². The molecule has 27 heavy (non-hydrogen) atoms. The fourth-order valence-corrected chi connectivity index (χ4v) is 2.59. The highest BCUT2D eigenvalue weighted by Crippen LogP contribution is 2.30. The summed E-state index contributed by atoms with van der Waals surface area (Å²) in [6, 6.07) is 18.2. The van der Waals surface area contributed by atoms with Crippen LogP contribution in [-0.2, 0) is 4.74 Å². The van der Waals surface area contributed by atoms with E-state index in [0.717, 1.165) is 6.29 Å². The van der Waals surface area contributed by atoms with Crippen LogP contribution in [0.3, 0.4) is 0 Å². The maximum atomic E-state index is 11.6. The Balaban J connectivity index is 1.46. The molecular formula is C21H12O6. The number of ether oxygens (including phenoxy) is 3. The van der Waals surface area contributed by atoms with Crippen molar-refractivity contribution in [1.82, 2.24) is 0 Å². The summed E-state index contributed by atoms with van der Waals surface area (Å²) in [6.07, 6.45) is 0.768. The normalized spacial score (nSPS) is 12.3. The minimum atomic E-state index is -0.676. The molecular weight excluding hydrogens is 348 g/mol. The lowest BCUT2D eigenvalue weighted by Gasteiger charge is -2.09. The number of carbonyl (C=O) groups is 3. The third-order valence-electron chi connectivity index (χ3n) is 3.93. The van der Waals surface area contributed by atoms with E-state index in [1.54, 1.807) is 54.6 Å². The molecule has 0 saturated heterocycles. The molecule has 6 nitrogen and oxygen atoms in total. The van der Waals surface area contributed by atoms with Gasteiger partial charge >= 0.3 is 11.9 Å². The van der Waals surface area contributed by atoms with Crippen LogP contribution in [0.2, 0.25) is 0 Å². The Bertz CT molecular complexity index is 1040. The number of fused-ring (bicyclic) bond motifs is 1. The first-order valence-electron chi connectivity index (χ1n) is 8.04. The molecule has 0 radical (unpaired) electrons. The lowest BCUT2D eigenvalue weighted by atomic mass is 10.1. The first-order valence-corrected chi connectivity index (χ1v) is 8.04. The van der Waals surface area contributed by atoms with E-state index in [9.17, 15) is 14.4 Å². The van der Waals surface area contributed by atoms with E-state index in [2.05, 4.69) is 4.74 Å². The van der Waals surface area contributed by atoms with Crippen LogP contribution in [0.5, 0.6) is 23.0 Å². The van der Waals surface area contributed by atoms with E-state index >= 15 is 0 Å². The Morgan fingerprint density at radius 3 is 1.70 bits per heavy atom. The van der Waals surface area contributed by atoms with Crippen LogP contribution in [0.1, 0.15) is 31.1 Å². The van der Waals surface area contributed by atoms with Crippen molar-refractivity contribution in [3.63, 3.8) is 0 Å². The van der Waals surface area contributed by atoms with Crippen molar-refractivity contribution in [1.29, 1.82) is 0 Å². The van der Waals surface area contributed by atoms with E-state index < -0.39 is 11.9 Å². The summed E-state index contributed by atoms with van der Waals surface area (Å²) in [6.45, 7) is 0. The van der Waals surface area contributed by atoms with Gasteiger partial charge in [-0.05, 0) is 66.7 Å². The van der Waals surface area contributed by atoms with E-state index in [0.29, 0.717) is 28.6 Å². The van der Waals surface area contributed by atoms with Gasteiger partial charge in [0.25, 0.3) is 0 Å². The van der Waals surface area contributed by atoms with Gasteiger partial charge in [0.15, 0.2) is 0 Å². The first kappa shape index (κ1) is 16.5. The molecule has 0 amide bonds. The average Bonchev–Trinajstić information content (AvgIpc) is 2.97. The highest BCUT2D eigenvalue weighted by atomic mass is 16.6. The summed E-state index contributed by atoms with van der Waals surface area (Å²) < 4.78 is 16.0. The van der Waals surface area contributed by atoms with Crippen molar-refractivity contribution in [2.24, 2.45) is 0 Å². The molecule has 0 fully saturated rings. The molecule has 0 spiro atoms. The molecule has 1 heterocycles. The van der Waals surface area contributed by atoms with Crippen LogP contribution in [0.25, 0.3) is 0 Å². The molecule has 132 valence electrons. The first-order chi connectivity index (χ1) is 13.1. The average molecular weight is 360 g/mol. The second-order valence-corrected chi connectivity index (χ2v) is 5.75. The van der Waals surface area contributed by atoms with Gasteiger partial charge in [0.1, 0.15) is 29.3 Å². The lowest BCUT2D eigenvalue weighted by Crippen LogP contribution is -1.96. The number of cyclic esters (lactones) is 2. The summed E-state index contributed by atoms with van der Waals surface area (Å²) in [7, 11) is 0. The second-order valence-electron chi connectivity index (χ2n) is 5.75. The quantitative estimate of drug-likeness (QED) is 0.381. The molecule has 4 rings (SSSR count). The zero-order valence-electron chi connectivity index (χ0n) is 13.9. The van der Waals surface area contributed by atoms with Gasteiger partial charge in [-0.15, -0.1) is 0 Å². The zero-order valence-corrected chi connectivity index (χ0v) is 13.9. The van der Waals surface area contributed by atoms with Crippen LogP contribution in [-0.4, -0.2) is 18.2 Å². The van der Waals surface area contributed by atoms with Gasteiger partial charge in [-0.1, -0.05) is 0 Å². The molecule has 3 aromatic rings. The third-order valence-corrected chi connectivity index (χ3v) is 3.93. The van der Waals surface area contributed by atoms with Crippen molar-refractivity contribution in [3.8, 4) is 23.0 Å². The van der Waals surface area contributed by atoms with Crippen molar-refractivity contribution < 1.29 is 28.6 Å². The largest absolute Gasteiger partial charge is 0.457 e. The van der Waals surface area contributed by atoms with Crippen molar-refractivity contribution in [2.75, 3.05) is 0 Å². The highest BCUT2D eigenvalue weighted by Gasteiger charge is 2.29. The highest BCUT2D eigenvalue weighted by molar-refractivity contribution is 6.14. The van der Waals surface area contributed by atoms with Gasteiger partial charge in [0.2, 0.25) is 0 Å². The van der Waals surface area contributed by atoms with Gasteiger partial charge in [0.05, 0.1) is 11.1 Å². The molecule has 1 aliphatic heterocycles. The Kier molecular flexibility index (Phi) is 4.14. The van der Waals surface area contributed by atoms with Gasteiger partial charge in [-0.3, -0.25) is 4.79 Å². The van der Waals surface area contributed by atoms with Crippen LogP contribution < -0.4 is 9.47 Å². The Labute approximate surface area is 153 Å². The number of hydrogen-bond donors (Lipinski definition) is 0. The van der Waals surface area contributed by atoms with Crippen LogP contribution in [0.15, 0.2) is 66.7 Å². The second kappa shape index (κ2) is 6.76. The summed E-state index contributed by atoms with van der Waals surface area (Å²) in [5.74, 6) is 0.837. The predicted octanol–water partition coefficient (Wildman–Crippen LogP) is 4.39. The van der Waals surface area contributed by atoms with Gasteiger partial charge in [0, 0.05) is 5.56 Å². The number of esters is 2. The topological polar surface area (TPSA) is 78.9 Å². The minimum absolute atomic E-state index is 0.191. The summed E-state index contributed by atoms with van der Waals surface area (Å²) in [4.78, 5) is 33.7. The summed E-state index contributed by atoms with van der Waals surface area (Å²) >= 11 is 0. The number of aldehydes is 1.